The number of nitrogens with zero attached hydrogens (tertiary/aromatic N) is 2. The molecule has 0 aliphatic rings. The number of aromatic amines is 1. The van der Waals surface area contributed by atoms with Crippen LogP contribution in [0.4, 0.5) is 5.69 Å². The van der Waals surface area contributed by atoms with Gasteiger partial charge in [-0.2, -0.15) is 15.4 Å². The zero-order valence-electron chi connectivity index (χ0n) is 10.5. The Labute approximate surface area is 115 Å². The zero-order chi connectivity index (χ0) is 13.8. The monoisotopic (exact) mass is 280 g/mol. The first kappa shape index (κ1) is 13.4. The van der Waals surface area contributed by atoms with Crippen molar-refractivity contribution in [3.8, 4) is 5.75 Å². The summed E-state index contributed by atoms with van der Waals surface area (Å²) in [6.07, 6.45) is 1.38. The molecule has 2 N–H and O–H groups in total. The number of ether oxygens (including phenoxy) is 1. The lowest BCUT2D eigenvalue weighted by Gasteiger charge is -2.12. The Bertz CT molecular complexity index is 569. The molecule has 100 valence electrons. The number of carbonyl (C=O) groups is 1. The highest BCUT2D eigenvalue weighted by atomic mass is 35.5. The molecule has 0 saturated heterocycles. The summed E-state index contributed by atoms with van der Waals surface area (Å²) in [7, 11) is 0. The van der Waals surface area contributed by atoms with Gasteiger partial charge in [0.15, 0.2) is 5.69 Å². The number of amides is 1. The van der Waals surface area contributed by atoms with E-state index >= 15 is 0 Å². The van der Waals surface area contributed by atoms with E-state index in [2.05, 4.69) is 20.7 Å². The van der Waals surface area contributed by atoms with Crippen LogP contribution >= 0.6 is 11.6 Å². The first-order valence-corrected chi connectivity index (χ1v) is 6.07. The molecule has 7 heteroatoms. The van der Waals surface area contributed by atoms with Crippen LogP contribution in [0, 0.1) is 0 Å². The lowest BCUT2D eigenvalue weighted by molar-refractivity contribution is 0.102. The van der Waals surface area contributed by atoms with E-state index in [-0.39, 0.29) is 17.7 Å². The number of benzene rings is 1. The molecule has 0 bridgehead atoms. The van der Waals surface area contributed by atoms with Gasteiger partial charge in [-0.15, -0.1) is 0 Å². The van der Waals surface area contributed by atoms with Crippen molar-refractivity contribution < 1.29 is 9.53 Å². The number of hydrogen-bond donors (Lipinski definition) is 2. The predicted molar refractivity (Wildman–Crippen MR) is 71.6 cm³/mol. The van der Waals surface area contributed by atoms with Crippen LogP contribution in [0.1, 0.15) is 24.3 Å². The van der Waals surface area contributed by atoms with Crippen LogP contribution in [0.5, 0.6) is 5.75 Å². The maximum absolute atomic E-state index is 11.7. The van der Waals surface area contributed by atoms with E-state index in [1.54, 1.807) is 18.2 Å². The lowest BCUT2D eigenvalue weighted by atomic mass is 10.3. The van der Waals surface area contributed by atoms with E-state index < -0.39 is 0 Å². The highest BCUT2D eigenvalue weighted by molar-refractivity contribution is 6.32. The van der Waals surface area contributed by atoms with E-state index in [9.17, 15) is 4.79 Å². The van der Waals surface area contributed by atoms with Crippen molar-refractivity contribution in [2.45, 2.75) is 20.0 Å². The van der Waals surface area contributed by atoms with Gasteiger partial charge in [-0.3, -0.25) is 4.79 Å². The molecule has 2 aromatic rings. The van der Waals surface area contributed by atoms with Crippen LogP contribution < -0.4 is 10.1 Å². The second kappa shape index (κ2) is 5.71. The molecule has 6 nitrogen and oxygen atoms in total. The first-order chi connectivity index (χ1) is 9.06. The quantitative estimate of drug-likeness (QED) is 0.902. The minimum Gasteiger partial charge on any atom is -0.489 e. The number of anilines is 1. The Morgan fingerprint density at radius 1 is 1.47 bits per heavy atom. The van der Waals surface area contributed by atoms with Gasteiger partial charge in [0.2, 0.25) is 0 Å². The number of carbonyl (C=O) groups excluding carboxylic acids is 1. The Morgan fingerprint density at radius 2 is 2.26 bits per heavy atom. The molecule has 1 amide bonds. The summed E-state index contributed by atoms with van der Waals surface area (Å²) in [6, 6.07) is 5.04. The molecule has 19 heavy (non-hydrogen) atoms. The van der Waals surface area contributed by atoms with E-state index in [4.69, 9.17) is 16.3 Å². The maximum atomic E-state index is 11.7. The fourth-order valence-electron chi connectivity index (χ4n) is 1.43. The number of aromatic nitrogens is 3. The molecule has 0 aliphatic heterocycles. The molecule has 0 fully saturated rings. The fourth-order valence-corrected chi connectivity index (χ4v) is 1.66. The number of H-pyrrole nitrogens is 1. The minimum atomic E-state index is -0.359. The van der Waals surface area contributed by atoms with Crippen molar-refractivity contribution >= 4 is 23.2 Å². The summed E-state index contributed by atoms with van der Waals surface area (Å²) in [4.78, 5) is 11.7. The molecule has 0 unspecified atom stereocenters. The molecule has 0 aliphatic carbocycles. The summed E-state index contributed by atoms with van der Waals surface area (Å²) >= 11 is 6.07. The summed E-state index contributed by atoms with van der Waals surface area (Å²) in [5.74, 6) is 0.221. The molecule has 0 radical (unpaired) electrons. The lowest BCUT2D eigenvalue weighted by Crippen LogP contribution is -2.12. The van der Waals surface area contributed by atoms with Gasteiger partial charge in [0.05, 0.1) is 17.3 Å². The van der Waals surface area contributed by atoms with Gasteiger partial charge in [0, 0.05) is 5.69 Å². The summed E-state index contributed by atoms with van der Waals surface area (Å²) in [6.45, 7) is 3.83. The van der Waals surface area contributed by atoms with Gasteiger partial charge in [-0.05, 0) is 32.0 Å². The van der Waals surface area contributed by atoms with Crippen molar-refractivity contribution in [2.24, 2.45) is 0 Å². The van der Waals surface area contributed by atoms with Crippen LogP contribution in [0.15, 0.2) is 24.4 Å². The second-order valence-electron chi connectivity index (χ2n) is 4.12. The average Bonchev–Trinajstić information content (AvgIpc) is 2.86. The zero-order valence-corrected chi connectivity index (χ0v) is 11.2. The third kappa shape index (κ3) is 3.45. The largest absolute Gasteiger partial charge is 0.489 e. The maximum Gasteiger partial charge on any atom is 0.277 e. The van der Waals surface area contributed by atoms with Gasteiger partial charge in [-0.1, -0.05) is 11.6 Å². The van der Waals surface area contributed by atoms with E-state index in [0.29, 0.717) is 16.5 Å². The fraction of sp³-hybridized carbons (Fsp3) is 0.250. The number of halogens is 1. The van der Waals surface area contributed by atoms with Crippen molar-refractivity contribution in [1.29, 1.82) is 0 Å². The summed E-state index contributed by atoms with van der Waals surface area (Å²) in [5.41, 5.74) is 0.771. The average molecular weight is 281 g/mol. The standard InChI is InChI=1S/C12H13ClN4O2/c1-7(2)19-11-4-3-8(5-9(11)13)15-12(18)10-6-14-17-16-10/h3-7H,1-2H3,(H,15,18)(H,14,16,17). The van der Waals surface area contributed by atoms with Gasteiger partial charge in [0.1, 0.15) is 5.75 Å². The Morgan fingerprint density at radius 3 is 2.84 bits per heavy atom. The van der Waals surface area contributed by atoms with Gasteiger partial charge < -0.3 is 10.1 Å². The van der Waals surface area contributed by atoms with Crippen LogP contribution in [-0.2, 0) is 0 Å². The minimum absolute atomic E-state index is 0.0353. The van der Waals surface area contributed by atoms with E-state index in [1.807, 2.05) is 13.8 Å². The number of rotatable bonds is 4. The summed E-state index contributed by atoms with van der Waals surface area (Å²) in [5, 5.41) is 12.7. The van der Waals surface area contributed by atoms with Crippen molar-refractivity contribution in [2.75, 3.05) is 5.32 Å². The van der Waals surface area contributed by atoms with Gasteiger partial charge >= 0.3 is 0 Å². The molecule has 1 heterocycles. The van der Waals surface area contributed by atoms with Crippen LogP contribution in [-0.4, -0.2) is 27.4 Å². The molecule has 0 spiro atoms. The molecular formula is C12H13ClN4O2. The van der Waals surface area contributed by atoms with Gasteiger partial charge in [0.25, 0.3) is 5.91 Å². The third-order valence-corrected chi connectivity index (χ3v) is 2.50. The third-order valence-electron chi connectivity index (χ3n) is 2.20. The van der Waals surface area contributed by atoms with E-state index in [0.717, 1.165) is 0 Å². The highest BCUT2D eigenvalue weighted by Gasteiger charge is 2.10. The van der Waals surface area contributed by atoms with Crippen LogP contribution in [0.2, 0.25) is 5.02 Å². The van der Waals surface area contributed by atoms with Crippen LogP contribution in [0.25, 0.3) is 0 Å². The van der Waals surface area contributed by atoms with Crippen molar-refractivity contribution in [3.05, 3.63) is 35.1 Å². The molecule has 0 atom stereocenters. The SMILES string of the molecule is CC(C)Oc1ccc(NC(=O)c2cn[nH]n2)cc1Cl. The number of nitrogens with one attached hydrogen (secondary N) is 2. The Kier molecular flexibility index (Phi) is 4.01. The number of hydrogen-bond acceptors (Lipinski definition) is 4. The van der Waals surface area contributed by atoms with Crippen LogP contribution in [0.3, 0.4) is 0 Å². The summed E-state index contributed by atoms with van der Waals surface area (Å²) < 4.78 is 5.51. The van der Waals surface area contributed by atoms with Crippen molar-refractivity contribution in [1.82, 2.24) is 15.4 Å². The Hall–Kier alpha value is -2.08. The topological polar surface area (TPSA) is 79.9 Å². The van der Waals surface area contributed by atoms with Crippen molar-refractivity contribution in [3.63, 3.8) is 0 Å². The smallest absolute Gasteiger partial charge is 0.277 e. The highest BCUT2D eigenvalue weighted by Crippen LogP contribution is 2.28. The Balaban J connectivity index is 2.10. The molecule has 2 rings (SSSR count). The molecular weight excluding hydrogens is 268 g/mol. The molecule has 1 aromatic heterocycles. The normalized spacial score (nSPS) is 10.5. The second-order valence-corrected chi connectivity index (χ2v) is 4.53. The molecule has 1 aromatic carbocycles. The van der Waals surface area contributed by atoms with Gasteiger partial charge in [-0.25, -0.2) is 0 Å². The molecule has 0 saturated carbocycles. The first-order valence-electron chi connectivity index (χ1n) is 5.69. The predicted octanol–water partition coefficient (Wildman–Crippen LogP) is 2.50. The van der Waals surface area contributed by atoms with E-state index in [1.165, 1.54) is 6.20 Å².